The summed E-state index contributed by atoms with van der Waals surface area (Å²) < 4.78 is 37.7. The summed E-state index contributed by atoms with van der Waals surface area (Å²) in [5.41, 5.74) is 4.61. The van der Waals surface area contributed by atoms with Crippen molar-refractivity contribution in [3.63, 3.8) is 0 Å². The lowest BCUT2D eigenvalue weighted by atomic mass is 10.1. The van der Waals surface area contributed by atoms with Crippen LogP contribution in [0.2, 0.25) is 0 Å². The predicted octanol–water partition coefficient (Wildman–Crippen LogP) is 2.67. The Hall–Kier alpha value is -1.72. The SMILES string of the molecule is CC1CC1CNC(=O)c1cc(C(F)(F)F)ccc1N. The van der Waals surface area contributed by atoms with Crippen molar-refractivity contribution in [2.75, 3.05) is 12.3 Å². The number of nitrogens with one attached hydrogen (secondary N) is 1. The highest BCUT2D eigenvalue weighted by Crippen LogP contribution is 2.37. The van der Waals surface area contributed by atoms with Gasteiger partial charge < -0.3 is 11.1 Å². The number of halogens is 3. The normalized spacial score (nSPS) is 22.1. The molecule has 1 aliphatic carbocycles. The Kier molecular flexibility index (Phi) is 3.43. The summed E-state index contributed by atoms with van der Waals surface area (Å²) >= 11 is 0. The van der Waals surface area contributed by atoms with E-state index in [2.05, 4.69) is 12.2 Å². The zero-order chi connectivity index (χ0) is 14.2. The molecule has 2 rings (SSSR count). The fourth-order valence-electron chi connectivity index (χ4n) is 1.93. The molecular formula is C13H15F3N2O. The molecule has 19 heavy (non-hydrogen) atoms. The Morgan fingerprint density at radius 3 is 2.63 bits per heavy atom. The Morgan fingerprint density at radius 2 is 2.11 bits per heavy atom. The topological polar surface area (TPSA) is 55.1 Å². The Bertz CT molecular complexity index is 499. The number of hydrogen-bond donors (Lipinski definition) is 2. The number of hydrogen-bond acceptors (Lipinski definition) is 2. The lowest BCUT2D eigenvalue weighted by Crippen LogP contribution is -2.27. The highest BCUT2D eigenvalue weighted by atomic mass is 19.4. The van der Waals surface area contributed by atoms with Crippen LogP contribution in [-0.4, -0.2) is 12.5 Å². The first-order valence-corrected chi connectivity index (χ1v) is 6.04. The number of nitrogen functional groups attached to an aromatic ring is 1. The third kappa shape index (κ3) is 3.19. The van der Waals surface area contributed by atoms with Gasteiger partial charge in [-0.15, -0.1) is 0 Å². The number of benzene rings is 1. The molecule has 2 atom stereocenters. The van der Waals surface area contributed by atoms with E-state index in [1.54, 1.807) is 0 Å². The second-order valence-corrected chi connectivity index (χ2v) is 4.98. The van der Waals surface area contributed by atoms with Gasteiger partial charge in [0.25, 0.3) is 5.91 Å². The third-order valence-corrected chi connectivity index (χ3v) is 3.43. The lowest BCUT2D eigenvalue weighted by Gasteiger charge is -2.11. The van der Waals surface area contributed by atoms with Gasteiger partial charge in [0.1, 0.15) is 0 Å². The van der Waals surface area contributed by atoms with Gasteiger partial charge in [-0.1, -0.05) is 6.92 Å². The van der Waals surface area contributed by atoms with E-state index < -0.39 is 17.6 Å². The second-order valence-electron chi connectivity index (χ2n) is 4.98. The van der Waals surface area contributed by atoms with Crippen molar-refractivity contribution in [3.05, 3.63) is 29.3 Å². The largest absolute Gasteiger partial charge is 0.416 e. The molecule has 1 fully saturated rings. The van der Waals surface area contributed by atoms with Crippen molar-refractivity contribution in [2.24, 2.45) is 11.8 Å². The van der Waals surface area contributed by atoms with Gasteiger partial charge in [-0.25, -0.2) is 0 Å². The van der Waals surface area contributed by atoms with Crippen LogP contribution in [0.1, 0.15) is 29.3 Å². The summed E-state index contributed by atoms with van der Waals surface area (Å²) in [6, 6.07) is 2.77. The average Bonchev–Trinajstić information content (AvgIpc) is 3.01. The molecule has 0 radical (unpaired) electrons. The molecule has 0 aliphatic heterocycles. The van der Waals surface area contributed by atoms with Crippen LogP contribution in [0.4, 0.5) is 18.9 Å². The summed E-state index contributed by atoms with van der Waals surface area (Å²) in [5.74, 6) is 0.442. The van der Waals surface area contributed by atoms with E-state index >= 15 is 0 Å². The standard InChI is InChI=1S/C13H15F3N2O/c1-7-4-8(7)6-18-12(19)10-5-9(13(14,15)16)2-3-11(10)17/h2-3,5,7-8H,4,6,17H2,1H3,(H,18,19). The van der Waals surface area contributed by atoms with Crippen molar-refractivity contribution < 1.29 is 18.0 Å². The predicted molar refractivity (Wildman–Crippen MR) is 65.5 cm³/mol. The molecule has 1 saturated carbocycles. The Morgan fingerprint density at radius 1 is 1.47 bits per heavy atom. The number of carbonyl (C=O) groups is 1. The smallest absolute Gasteiger partial charge is 0.398 e. The van der Waals surface area contributed by atoms with Gasteiger partial charge in [0.05, 0.1) is 11.1 Å². The van der Waals surface area contributed by atoms with E-state index in [4.69, 9.17) is 5.73 Å². The van der Waals surface area contributed by atoms with Crippen LogP contribution in [0.25, 0.3) is 0 Å². The molecule has 1 aliphatic rings. The van der Waals surface area contributed by atoms with E-state index in [0.29, 0.717) is 18.4 Å². The van der Waals surface area contributed by atoms with E-state index in [1.165, 1.54) is 0 Å². The first-order valence-electron chi connectivity index (χ1n) is 6.04. The van der Waals surface area contributed by atoms with E-state index in [1.807, 2.05) is 0 Å². The molecule has 1 aromatic carbocycles. The van der Waals surface area contributed by atoms with Gasteiger partial charge in [0.15, 0.2) is 0 Å². The minimum absolute atomic E-state index is 0.0503. The van der Waals surface area contributed by atoms with Gasteiger partial charge in [-0.3, -0.25) is 4.79 Å². The monoisotopic (exact) mass is 272 g/mol. The zero-order valence-electron chi connectivity index (χ0n) is 10.4. The number of carbonyl (C=O) groups excluding carboxylic acids is 1. The fraction of sp³-hybridized carbons (Fsp3) is 0.462. The molecule has 2 unspecified atom stereocenters. The highest BCUT2D eigenvalue weighted by Gasteiger charge is 2.33. The summed E-state index contributed by atoms with van der Waals surface area (Å²) in [7, 11) is 0. The molecule has 0 saturated heterocycles. The van der Waals surface area contributed by atoms with Crippen LogP contribution in [-0.2, 0) is 6.18 Å². The Balaban J connectivity index is 2.11. The van der Waals surface area contributed by atoms with Gasteiger partial charge in [-0.05, 0) is 36.5 Å². The first-order chi connectivity index (χ1) is 8.79. The molecule has 0 heterocycles. The molecule has 3 nitrogen and oxygen atoms in total. The number of rotatable bonds is 3. The minimum Gasteiger partial charge on any atom is -0.398 e. The summed E-state index contributed by atoms with van der Waals surface area (Å²) in [6.45, 7) is 2.55. The minimum atomic E-state index is -4.48. The summed E-state index contributed by atoms with van der Waals surface area (Å²) in [5, 5.41) is 2.62. The van der Waals surface area contributed by atoms with Crippen molar-refractivity contribution in [1.82, 2.24) is 5.32 Å². The summed E-state index contributed by atoms with van der Waals surface area (Å²) in [6.07, 6.45) is -3.44. The quantitative estimate of drug-likeness (QED) is 0.831. The molecule has 0 bridgehead atoms. The van der Waals surface area contributed by atoms with Crippen LogP contribution in [0.3, 0.4) is 0 Å². The van der Waals surface area contributed by atoms with Crippen LogP contribution < -0.4 is 11.1 Å². The van der Waals surface area contributed by atoms with Crippen LogP contribution >= 0.6 is 0 Å². The van der Waals surface area contributed by atoms with Crippen molar-refractivity contribution in [2.45, 2.75) is 19.5 Å². The number of amides is 1. The fourth-order valence-corrected chi connectivity index (χ4v) is 1.93. The van der Waals surface area contributed by atoms with Crippen molar-refractivity contribution in [1.29, 1.82) is 0 Å². The van der Waals surface area contributed by atoms with Crippen LogP contribution in [0.15, 0.2) is 18.2 Å². The molecule has 1 aromatic rings. The van der Waals surface area contributed by atoms with Crippen molar-refractivity contribution in [3.8, 4) is 0 Å². The molecule has 3 N–H and O–H groups in total. The van der Waals surface area contributed by atoms with E-state index in [9.17, 15) is 18.0 Å². The highest BCUT2D eigenvalue weighted by molar-refractivity contribution is 5.99. The Labute approximate surface area is 109 Å². The van der Waals surface area contributed by atoms with Crippen LogP contribution in [0, 0.1) is 11.8 Å². The molecule has 0 spiro atoms. The van der Waals surface area contributed by atoms with Gasteiger partial charge >= 0.3 is 6.18 Å². The van der Waals surface area contributed by atoms with E-state index in [0.717, 1.165) is 24.6 Å². The maximum absolute atomic E-state index is 12.6. The zero-order valence-corrected chi connectivity index (χ0v) is 10.4. The lowest BCUT2D eigenvalue weighted by molar-refractivity contribution is -0.137. The van der Waals surface area contributed by atoms with E-state index in [-0.39, 0.29) is 11.3 Å². The maximum Gasteiger partial charge on any atom is 0.416 e. The van der Waals surface area contributed by atoms with Crippen molar-refractivity contribution >= 4 is 11.6 Å². The van der Waals surface area contributed by atoms with Crippen LogP contribution in [0.5, 0.6) is 0 Å². The maximum atomic E-state index is 12.6. The molecule has 0 aromatic heterocycles. The molecular weight excluding hydrogens is 257 g/mol. The van der Waals surface area contributed by atoms with Gasteiger partial charge in [-0.2, -0.15) is 13.2 Å². The second kappa shape index (κ2) is 4.75. The molecule has 1 amide bonds. The molecule has 6 heteroatoms. The van der Waals surface area contributed by atoms with Gasteiger partial charge in [0, 0.05) is 12.2 Å². The molecule has 104 valence electrons. The number of nitrogens with two attached hydrogens (primary N) is 1. The number of anilines is 1. The number of alkyl halides is 3. The first kappa shape index (κ1) is 13.7. The average molecular weight is 272 g/mol. The van der Waals surface area contributed by atoms with Gasteiger partial charge in [0.2, 0.25) is 0 Å². The summed E-state index contributed by atoms with van der Waals surface area (Å²) in [4.78, 5) is 11.8. The third-order valence-electron chi connectivity index (χ3n) is 3.43.